The molecule has 0 bridgehead atoms. The fourth-order valence-electron chi connectivity index (χ4n) is 1.41. The number of carbonyl (C=O) groups excluding carboxylic acids is 2. The molecule has 0 fully saturated rings. The summed E-state index contributed by atoms with van der Waals surface area (Å²) in [7, 11) is 0. The number of nitrogens with zero attached hydrogens (tertiary/aromatic N) is 1. The van der Waals surface area contributed by atoms with Gasteiger partial charge in [-0.25, -0.2) is 4.79 Å². The van der Waals surface area contributed by atoms with Gasteiger partial charge in [0.05, 0.1) is 5.56 Å². The maximum Gasteiger partial charge on any atom is 0.365 e. The number of unbranched alkanes of at least 4 members (excludes halogenated alkanes) is 2. The highest BCUT2D eigenvalue weighted by molar-refractivity contribution is 6.28. The normalized spacial score (nSPS) is 11.1. The van der Waals surface area contributed by atoms with Crippen LogP contribution in [0.3, 0.4) is 0 Å². The summed E-state index contributed by atoms with van der Waals surface area (Å²) in [6.45, 7) is 2.08. The van der Waals surface area contributed by atoms with Gasteiger partial charge in [0, 0.05) is 0 Å². The van der Waals surface area contributed by atoms with Crippen LogP contribution in [0.2, 0.25) is 0 Å². The van der Waals surface area contributed by atoms with Crippen LogP contribution in [-0.2, 0) is 9.63 Å². The van der Waals surface area contributed by atoms with E-state index in [4.69, 9.17) is 4.84 Å². The van der Waals surface area contributed by atoms with Gasteiger partial charge in [-0.2, -0.15) is 0 Å². The lowest BCUT2D eigenvalue weighted by Crippen LogP contribution is -2.06. The molecule has 4 nitrogen and oxygen atoms in total. The van der Waals surface area contributed by atoms with E-state index in [1.54, 1.807) is 24.3 Å². The van der Waals surface area contributed by atoms with Crippen molar-refractivity contribution in [2.24, 2.45) is 5.16 Å². The lowest BCUT2D eigenvalue weighted by atomic mass is 10.1. The van der Waals surface area contributed by atoms with E-state index in [0.717, 1.165) is 19.3 Å². The molecule has 0 saturated heterocycles. The van der Waals surface area contributed by atoms with Crippen molar-refractivity contribution in [2.45, 2.75) is 32.6 Å². The highest BCUT2D eigenvalue weighted by atomic mass is 16.7. The van der Waals surface area contributed by atoms with Gasteiger partial charge in [-0.05, 0) is 25.0 Å². The quantitative estimate of drug-likeness (QED) is 0.245. The van der Waals surface area contributed by atoms with E-state index in [2.05, 4.69) is 12.1 Å². The predicted molar refractivity (Wildman–Crippen MR) is 69.5 cm³/mol. The molecule has 0 N–H and O–H groups in total. The smallest absolute Gasteiger partial charge is 0.312 e. The fourth-order valence-corrected chi connectivity index (χ4v) is 1.41. The predicted octanol–water partition coefficient (Wildman–Crippen LogP) is 2.98. The van der Waals surface area contributed by atoms with Gasteiger partial charge < -0.3 is 4.84 Å². The van der Waals surface area contributed by atoms with Gasteiger partial charge in [-0.15, -0.1) is 0 Å². The first-order chi connectivity index (χ1) is 8.77. The van der Waals surface area contributed by atoms with Crippen molar-refractivity contribution in [3.8, 4) is 0 Å². The summed E-state index contributed by atoms with van der Waals surface area (Å²) >= 11 is 0. The van der Waals surface area contributed by atoms with Crippen LogP contribution < -0.4 is 0 Å². The average Bonchev–Trinajstić information content (AvgIpc) is 2.43. The molecular weight excluding hydrogens is 230 g/mol. The Labute approximate surface area is 107 Å². The summed E-state index contributed by atoms with van der Waals surface area (Å²) in [6.07, 6.45) is 4.14. The standard InChI is InChI=1S/C14H17NO3/c1-2-3-5-10-13(11-16)15-18-14(17)12-8-6-4-7-9-12/h4,6-9,11H,2-3,5,10H2,1H3. The zero-order valence-electron chi connectivity index (χ0n) is 10.5. The highest BCUT2D eigenvalue weighted by Crippen LogP contribution is 2.03. The topological polar surface area (TPSA) is 55.7 Å². The zero-order valence-corrected chi connectivity index (χ0v) is 10.5. The second-order valence-electron chi connectivity index (χ2n) is 3.90. The van der Waals surface area contributed by atoms with Crippen LogP contribution in [0.15, 0.2) is 35.5 Å². The molecule has 0 atom stereocenters. The molecule has 0 heterocycles. The number of carbonyl (C=O) groups is 2. The van der Waals surface area contributed by atoms with Crippen LogP contribution in [0.5, 0.6) is 0 Å². The van der Waals surface area contributed by atoms with E-state index in [1.807, 2.05) is 6.07 Å². The minimum absolute atomic E-state index is 0.271. The van der Waals surface area contributed by atoms with Crippen LogP contribution >= 0.6 is 0 Å². The van der Waals surface area contributed by atoms with Crippen LogP contribution in [0.4, 0.5) is 0 Å². The first-order valence-corrected chi connectivity index (χ1v) is 6.06. The molecule has 1 rings (SSSR count). The minimum Gasteiger partial charge on any atom is -0.312 e. The van der Waals surface area contributed by atoms with Crippen LogP contribution in [-0.4, -0.2) is 18.0 Å². The van der Waals surface area contributed by atoms with Crippen molar-refractivity contribution in [3.05, 3.63) is 35.9 Å². The molecule has 0 amide bonds. The maximum atomic E-state index is 11.5. The van der Waals surface area contributed by atoms with Crippen molar-refractivity contribution in [3.63, 3.8) is 0 Å². The maximum absolute atomic E-state index is 11.5. The first kappa shape index (κ1) is 14.1. The van der Waals surface area contributed by atoms with Crippen molar-refractivity contribution in [1.29, 1.82) is 0 Å². The summed E-state index contributed by atoms with van der Waals surface area (Å²) < 4.78 is 0. The third-order valence-electron chi connectivity index (χ3n) is 2.43. The number of hydrogen-bond acceptors (Lipinski definition) is 4. The lowest BCUT2D eigenvalue weighted by molar-refractivity contribution is -0.102. The fraction of sp³-hybridized carbons (Fsp3) is 0.357. The molecule has 0 aliphatic heterocycles. The highest BCUT2D eigenvalue weighted by Gasteiger charge is 2.06. The number of aldehydes is 1. The summed E-state index contributed by atoms with van der Waals surface area (Å²) in [6, 6.07) is 8.55. The van der Waals surface area contributed by atoms with Crippen LogP contribution in [0, 0.1) is 0 Å². The van der Waals surface area contributed by atoms with Gasteiger partial charge in [0.15, 0.2) is 6.29 Å². The molecule has 0 aliphatic carbocycles. The molecule has 18 heavy (non-hydrogen) atoms. The average molecular weight is 247 g/mol. The van der Waals surface area contributed by atoms with E-state index in [1.165, 1.54) is 0 Å². The Hall–Kier alpha value is -1.97. The first-order valence-electron chi connectivity index (χ1n) is 6.06. The Morgan fingerprint density at radius 3 is 2.61 bits per heavy atom. The van der Waals surface area contributed by atoms with Gasteiger partial charge in [-0.3, -0.25) is 4.79 Å². The molecule has 4 heteroatoms. The van der Waals surface area contributed by atoms with Crippen LogP contribution in [0.1, 0.15) is 43.0 Å². The molecule has 0 unspecified atom stereocenters. The van der Waals surface area contributed by atoms with Crippen molar-refractivity contribution in [2.75, 3.05) is 0 Å². The molecule has 0 aromatic heterocycles. The van der Waals surface area contributed by atoms with Gasteiger partial charge in [-0.1, -0.05) is 43.1 Å². The summed E-state index contributed by atoms with van der Waals surface area (Å²) in [5.41, 5.74) is 0.688. The van der Waals surface area contributed by atoms with Gasteiger partial charge >= 0.3 is 5.97 Å². The number of hydrogen-bond donors (Lipinski definition) is 0. The van der Waals surface area contributed by atoms with E-state index < -0.39 is 5.97 Å². The minimum atomic E-state index is -0.551. The summed E-state index contributed by atoms with van der Waals surface area (Å²) in [5, 5.41) is 3.59. The molecule has 0 aliphatic rings. The Bertz CT molecular complexity index is 412. The third kappa shape index (κ3) is 4.91. The largest absolute Gasteiger partial charge is 0.365 e. The van der Waals surface area contributed by atoms with Gasteiger partial charge in [0.1, 0.15) is 5.71 Å². The van der Waals surface area contributed by atoms with Crippen molar-refractivity contribution in [1.82, 2.24) is 0 Å². The Morgan fingerprint density at radius 1 is 1.28 bits per heavy atom. The van der Waals surface area contributed by atoms with Crippen molar-refractivity contribution >= 4 is 18.0 Å². The Morgan fingerprint density at radius 2 is 2.00 bits per heavy atom. The molecule has 1 aromatic carbocycles. The third-order valence-corrected chi connectivity index (χ3v) is 2.43. The van der Waals surface area contributed by atoms with Gasteiger partial charge in [0.25, 0.3) is 0 Å². The summed E-state index contributed by atoms with van der Waals surface area (Å²) in [5.74, 6) is -0.551. The number of rotatable bonds is 7. The SMILES string of the molecule is CCCCCC(C=O)=NOC(=O)c1ccccc1. The number of oxime groups is 1. The van der Waals surface area contributed by atoms with E-state index in [9.17, 15) is 9.59 Å². The molecule has 1 aromatic rings. The van der Waals surface area contributed by atoms with E-state index in [-0.39, 0.29) is 5.71 Å². The van der Waals surface area contributed by atoms with E-state index in [0.29, 0.717) is 18.3 Å². The molecule has 0 saturated carbocycles. The second kappa shape index (κ2) is 8.17. The molecule has 0 radical (unpaired) electrons. The number of benzene rings is 1. The Kier molecular flexibility index (Phi) is 6.40. The second-order valence-corrected chi connectivity index (χ2v) is 3.90. The van der Waals surface area contributed by atoms with Crippen molar-refractivity contribution < 1.29 is 14.4 Å². The van der Waals surface area contributed by atoms with Gasteiger partial charge in [0.2, 0.25) is 0 Å². The molecule has 0 spiro atoms. The monoisotopic (exact) mass is 247 g/mol. The molecular formula is C14H17NO3. The summed E-state index contributed by atoms with van der Waals surface area (Å²) in [4.78, 5) is 27.0. The van der Waals surface area contributed by atoms with Crippen LogP contribution in [0.25, 0.3) is 0 Å². The molecule has 96 valence electrons. The zero-order chi connectivity index (χ0) is 13.2. The van der Waals surface area contributed by atoms with E-state index >= 15 is 0 Å². The Balaban J connectivity index is 2.50. The lowest BCUT2D eigenvalue weighted by Gasteiger charge is -2.00.